The number of alkyl halides is 3. The van der Waals surface area contributed by atoms with Crippen molar-refractivity contribution in [2.24, 2.45) is 0 Å². The van der Waals surface area contributed by atoms with E-state index < -0.39 is 17.6 Å². The summed E-state index contributed by atoms with van der Waals surface area (Å²) in [6.07, 6.45) is -2.62. The van der Waals surface area contributed by atoms with Gasteiger partial charge in [0.05, 0.1) is 5.56 Å². The van der Waals surface area contributed by atoms with E-state index in [0.29, 0.717) is 5.39 Å². The van der Waals surface area contributed by atoms with E-state index in [0.717, 1.165) is 30.0 Å². The van der Waals surface area contributed by atoms with Gasteiger partial charge in [-0.2, -0.15) is 13.2 Å². The highest BCUT2D eigenvalue weighted by molar-refractivity contribution is 5.88. The molecular weight excluding hydrogens is 316 g/mol. The smallest absolute Gasteiger partial charge is 0.206 e. The summed E-state index contributed by atoms with van der Waals surface area (Å²) in [5.74, 6) is -1.22. The van der Waals surface area contributed by atoms with Crippen LogP contribution in [0, 0.1) is 5.82 Å². The van der Waals surface area contributed by atoms with Gasteiger partial charge in [-0.15, -0.1) is 0 Å². The van der Waals surface area contributed by atoms with Crippen LogP contribution in [0.5, 0.6) is 0 Å². The summed E-state index contributed by atoms with van der Waals surface area (Å²) in [6, 6.07) is 14.9. The van der Waals surface area contributed by atoms with E-state index in [9.17, 15) is 17.6 Å². The molecule has 0 saturated heterocycles. The van der Waals surface area contributed by atoms with Crippen LogP contribution < -0.4 is 0 Å². The van der Waals surface area contributed by atoms with Crippen LogP contribution >= 0.6 is 0 Å². The second kappa shape index (κ2) is 6.27. The van der Waals surface area contributed by atoms with Crippen LogP contribution in [-0.4, -0.2) is 0 Å². The van der Waals surface area contributed by atoms with E-state index in [4.69, 9.17) is 0 Å². The van der Waals surface area contributed by atoms with E-state index >= 15 is 0 Å². The molecule has 0 unspecified atom stereocenters. The molecule has 0 fully saturated rings. The lowest BCUT2D eigenvalue weighted by atomic mass is 9.98. The van der Waals surface area contributed by atoms with Crippen LogP contribution in [0.3, 0.4) is 0 Å². The van der Waals surface area contributed by atoms with Crippen LogP contribution in [0.2, 0.25) is 0 Å². The lowest BCUT2D eigenvalue weighted by Crippen LogP contribution is -2.08. The average Bonchev–Trinajstić information content (AvgIpc) is 2.54. The summed E-state index contributed by atoms with van der Waals surface area (Å²) >= 11 is 0. The first-order chi connectivity index (χ1) is 11.4. The van der Waals surface area contributed by atoms with Gasteiger partial charge < -0.3 is 0 Å². The van der Waals surface area contributed by atoms with Crippen molar-refractivity contribution in [2.75, 3.05) is 0 Å². The zero-order valence-electron chi connectivity index (χ0n) is 13.1. The standard InChI is InChI=1S/C20H16F4/c1-2-3-13-4-6-14(7-5-13)15-8-10-17-16(12-15)9-11-18(19(17)21)20(22,23)24/h4-12H,2-3H2,1H3. The van der Waals surface area contributed by atoms with Crippen molar-refractivity contribution >= 4 is 10.8 Å². The van der Waals surface area contributed by atoms with Gasteiger partial charge in [0.1, 0.15) is 5.82 Å². The monoisotopic (exact) mass is 332 g/mol. The summed E-state index contributed by atoms with van der Waals surface area (Å²) in [6.45, 7) is 2.11. The van der Waals surface area contributed by atoms with Crippen LogP contribution in [0.25, 0.3) is 21.9 Å². The van der Waals surface area contributed by atoms with Gasteiger partial charge in [0.2, 0.25) is 0 Å². The first-order valence-electron chi connectivity index (χ1n) is 7.79. The Morgan fingerprint density at radius 2 is 1.50 bits per heavy atom. The summed E-state index contributed by atoms with van der Waals surface area (Å²) in [5.41, 5.74) is 1.82. The van der Waals surface area contributed by atoms with Crippen molar-refractivity contribution < 1.29 is 17.6 Å². The van der Waals surface area contributed by atoms with Crippen molar-refractivity contribution in [3.8, 4) is 11.1 Å². The van der Waals surface area contributed by atoms with E-state index in [-0.39, 0.29) is 5.39 Å². The van der Waals surface area contributed by atoms with Gasteiger partial charge in [-0.25, -0.2) is 4.39 Å². The Bertz CT molecular complexity index is 861. The number of aryl methyl sites for hydroxylation is 1. The quantitative estimate of drug-likeness (QED) is 0.473. The Balaban J connectivity index is 2.03. The Hall–Kier alpha value is -2.36. The van der Waals surface area contributed by atoms with Gasteiger partial charge in [-0.3, -0.25) is 0 Å². The maximum Gasteiger partial charge on any atom is 0.419 e. The Morgan fingerprint density at radius 1 is 0.833 bits per heavy atom. The SMILES string of the molecule is CCCc1ccc(-c2ccc3c(F)c(C(F)(F)F)ccc3c2)cc1. The highest BCUT2D eigenvalue weighted by atomic mass is 19.4. The number of benzene rings is 3. The van der Waals surface area contributed by atoms with Crippen molar-refractivity contribution in [2.45, 2.75) is 25.9 Å². The summed E-state index contributed by atoms with van der Waals surface area (Å²) in [5, 5.41) is 0.437. The van der Waals surface area contributed by atoms with E-state index in [1.807, 2.05) is 24.3 Å². The zero-order valence-corrected chi connectivity index (χ0v) is 13.1. The molecule has 0 saturated carbocycles. The normalized spacial score (nSPS) is 11.9. The predicted molar refractivity (Wildman–Crippen MR) is 88.3 cm³/mol. The fourth-order valence-electron chi connectivity index (χ4n) is 2.84. The van der Waals surface area contributed by atoms with Gasteiger partial charge in [0.25, 0.3) is 0 Å². The van der Waals surface area contributed by atoms with Crippen molar-refractivity contribution in [1.82, 2.24) is 0 Å². The van der Waals surface area contributed by atoms with Crippen molar-refractivity contribution in [3.05, 3.63) is 71.5 Å². The molecule has 0 heterocycles. The molecule has 0 aromatic heterocycles. The summed E-state index contributed by atoms with van der Waals surface area (Å²) in [4.78, 5) is 0. The minimum Gasteiger partial charge on any atom is -0.206 e. The molecule has 0 amide bonds. The maximum atomic E-state index is 14.1. The molecule has 3 rings (SSSR count). The number of hydrogen-bond donors (Lipinski definition) is 0. The van der Waals surface area contributed by atoms with E-state index in [2.05, 4.69) is 6.92 Å². The molecule has 0 aliphatic heterocycles. The van der Waals surface area contributed by atoms with Gasteiger partial charge in [0.15, 0.2) is 0 Å². The molecule has 0 radical (unpaired) electrons. The van der Waals surface area contributed by atoms with Gasteiger partial charge in [-0.05, 0) is 40.6 Å². The third kappa shape index (κ3) is 3.14. The Morgan fingerprint density at radius 3 is 2.12 bits per heavy atom. The topological polar surface area (TPSA) is 0 Å². The first-order valence-corrected chi connectivity index (χ1v) is 7.79. The maximum absolute atomic E-state index is 14.1. The highest BCUT2D eigenvalue weighted by Crippen LogP contribution is 2.35. The van der Waals surface area contributed by atoms with Crippen LogP contribution in [0.15, 0.2) is 54.6 Å². The molecule has 0 spiro atoms. The van der Waals surface area contributed by atoms with Crippen molar-refractivity contribution in [3.63, 3.8) is 0 Å². The van der Waals surface area contributed by atoms with Crippen LogP contribution in [0.1, 0.15) is 24.5 Å². The second-order valence-corrected chi connectivity index (χ2v) is 5.81. The minimum absolute atomic E-state index is 0.0174. The lowest BCUT2D eigenvalue weighted by Gasteiger charge is -2.11. The molecule has 3 aromatic rings. The largest absolute Gasteiger partial charge is 0.419 e. The molecule has 0 aliphatic rings. The minimum atomic E-state index is -4.69. The lowest BCUT2D eigenvalue weighted by molar-refractivity contribution is -0.139. The molecule has 4 heteroatoms. The molecule has 0 N–H and O–H groups in total. The zero-order chi connectivity index (χ0) is 17.3. The third-order valence-corrected chi connectivity index (χ3v) is 4.09. The molecule has 0 atom stereocenters. The fraction of sp³-hybridized carbons (Fsp3) is 0.200. The molecule has 0 nitrogen and oxygen atoms in total. The Kier molecular flexibility index (Phi) is 4.31. The van der Waals surface area contributed by atoms with E-state index in [1.165, 1.54) is 17.7 Å². The number of halogens is 4. The van der Waals surface area contributed by atoms with E-state index in [1.54, 1.807) is 12.1 Å². The molecule has 24 heavy (non-hydrogen) atoms. The molecule has 0 bridgehead atoms. The predicted octanol–water partition coefficient (Wildman–Crippen LogP) is 6.62. The van der Waals surface area contributed by atoms with Crippen LogP contribution in [-0.2, 0) is 12.6 Å². The molecule has 3 aromatic carbocycles. The summed E-state index contributed by atoms with van der Waals surface area (Å²) in [7, 11) is 0. The average molecular weight is 332 g/mol. The molecule has 124 valence electrons. The first kappa shape index (κ1) is 16.5. The Labute approximate surface area is 137 Å². The van der Waals surface area contributed by atoms with Crippen molar-refractivity contribution in [1.29, 1.82) is 0 Å². The highest BCUT2D eigenvalue weighted by Gasteiger charge is 2.34. The molecular formula is C20H16F4. The second-order valence-electron chi connectivity index (χ2n) is 5.81. The number of fused-ring (bicyclic) bond motifs is 1. The van der Waals surface area contributed by atoms with Crippen LogP contribution in [0.4, 0.5) is 17.6 Å². The fourth-order valence-corrected chi connectivity index (χ4v) is 2.84. The third-order valence-electron chi connectivity index (χ3n) is 4.09. The summed E-state index contributed by atoms with van der Waals surface area (Å²) < 4.78 is 52.5. The molecule has 0 aliphatic carbocycles. The van der Waals surface area contributed by atoms with Gasteiger partial charge >= 0.3 is 6.18 Å². The van der Waals surface area contributed by atoms with Gasteiger partial charge in [-0.1, -0.05) is 55.8 Å². The number of hydrogen-bond acceptors (Lipinski definition) is 0. The number of rotatable bonds is 3. The van der Waals surface area contributed by atoms with Gasteiger partial charge in [0, 0.05) is 5.39 Å².